The van der Waals surface area contributed by atoms with Crippen molar-refractivity contribution in [3.8, 4) is 11.1 Å². The van der Waals surface area contributed by atoms with Gasteiger partial charge in [-0.3, -0.25) is 14.9 Å². The van der Waals surface area contributed by atoms with Crippen molar-refractivity contribution in [2.75, 3.05) is 62.6 Å². The van der Waals surface area contributed by atoms with Crippen LogP contribution >= 0.6 is 12.1 Å². The summed E-state index contributed by atoms with van der Waals surface area (Å²) in [4.78, 5) is 21.6. The minimum atomic E-state index is 0.315. The molecule has 6 aliphatic heterocycles. The first kappa shape index (κ1) is 26.4. The first-order valence-electron chi connectivity index (χ1n) is 13.9. The Morgan fingerprint density at radius 3 is 2.62 bits per heavy atom. The van der Waals surface area contributed by atoms with Gasteiger partial charge in [0.15, 0.2) is 0 Å². The van der Waals surface area contributed by atoms with E-state index in [2.05, 4.69) is 65.4 Å². The van der Waals surface area contributed by atoms with Gasteiger partial charge in [-0.15, -0.1) is 0 Å². The number of rotatable bonds is 2. The van der Waals surface area contributed by atoms with Crippen LogP contribution in [0.15, 0.2) is 55.0 Å². The van der Waals surface area contributed by atoms with Crippen molar-refractivity contribution in [1.29, 1.82) is 0 Å². The monoisotopic (exact) mass is 546 g/mol. The molecule has 0 radical (unpaired) electrons. The van der Waals surface area contributed by atoms with Crippen molar-refractivity contribution in [3.05, 3.63) is 60.6 Å². The highest BCUT2D eigenvalue weighted by molar-refractivity contribution is 7.95. The lowest BCUT2D eigenvalue weighted by molar-refractivity contribution is 0.128. The van der Waals surface area contributed by atoms with Crippen molar-refractivity contribution < 1.29 is 0 Å². The minimum Gasteiger partial charge on any atom is -0.340 e. The van der Waals surface area contributed by atoms with Crippen LogP contribution in [0, 0.1) is 0 Å². The van der Waals surface area contributed by atoms with Crippen LogP contribution in [-0.4, -0.2) is 89.2 Å². The van der Waals surface area contributed by atoms with Gasteiger partial charge in [0, 0.05) is 106 Å². The maximum absolute atomic E-state index is 5.73. The van der Waals surface area contributed by atoms with Gasteiger partial charge >= 0.3 is 0 Å². The quantitative estimate of drug-likeness (QED) is 0.356. The molecule has 8 heterocycles. The largest absolute Gasteiger partial charge is 0.340 e. The molecule has 2 unspecified atom stereocenters. The molecule has 0 spiro atoms. The first-order chi connectivity index (χ1) is 19.2. The summed E-state index contributed by atoms with van der Waals surface area (Å²) in [6, 6.07) is 13.4. The van der Waals surface area contributed by atoms with E-state index in [1.54, 1.807) is 0 Å². The molecule has 1 aromatic carbocycles. The number of nitrogens with two attached hydrogens (primary N) is 1. The number of nitrogens with zero attached hydrogens (tertiary/aromatic N) is 6. The number of hydrogen-bond acceptors (Lipinski definition) is 11. The molecule has 11 heteroatoms. The third-order valence-corrected chi connectivity index (χ3v) is 8.44. The number of nitrogens with one attached hydrogen (secondary N) is 3. The van der Waals surface area contributed by atoms with E-state index >= 15 is 0 Å². The summed E-state index contributed by atoms with van der Waals surface area (Å²) < 4.78 is 3.34. The first-order valence-corrected chi connectivity index (χ1v) is 14.8. The molecule has 0 aliphatic carbocycles. The Kier molecular flexibility index (Phi) is 8.53. The van der Waals surface area contributed by atoms with Gasteiger partial charge in [-0.1, -0.05) is 12.1 Å². The fraction of sp³-hybridized carbons (Fsp3) is 0.464. The zero-order chi connectivity index (χ0) is 26.4. The Morgan fingerprint density at radius 1 is 0.923 bits per heavy atom. The van der Waals surface area contributed by atoms with E-state index in [0.717, 1.165) is 100 Å². The molecule has 39 heavy (non-hydrogen) atoms. The van der Waals surface area contributed by atoms with E-state index in [0.29, 0.717) is 12.1 Å². The SMILES string of the molecule is NSNC1CC2CCNCCN3CCN(CC3)Cc3cccc(c3)Nc3cc(ccn3)-c3cnc(nc3)N2C1. The van der Waals surface area contributed by atoms with Gasteiger partial charge in [-0.2, -0.15) is 0 Å². The smallest absolute Gasteiger partial charge is 0.225 e. The second-order valence-corrected chi connectivity index (χ2v) is 11.1. The molecule has 6 aliphatic rings. The maximum atomic E-state index is 5.73. The molecule has 2 saturated heterocycles. The van der Waals surface area contributed by atoms with Crippen LogP contribution < -0.4 is 25.4 Å². The summed E-state index contributed by atoms with van der Waals surface area (Å²) in [7, 11) is 0. The van der Waals surface area contributed by atoms with Crippen molar-refractivity contribution >= 4 is 29.6 Å². The van der Waals surface area contributed by atoms with E-state index in [1.165, 1.54) is 17.7 Å². The molecule has 3 aromatic rings. The number of aromatic nitrogens is 3. The van der Waals surface area contributed by atoms with Gasteiger partial charge in [0.1, 0.15) is 5.82 Å². The molecule has 8 bridgehead atoms. The van der Waals surface area contributed by atoms with Crippen LogP contribution in [0.5, 0.6) is 0 Å². The lowest BCUT2D eigenvalue weighted by Gasteiger charge is -2.34. The van der Waals surface area contributed by atoms with E-state index in [-0.39, 0.29) is 0 Å². The van der Waals surface area contributed by atoms with Gasteiger partial charge in [0.2, 0.25) is 5.95 Å². The van der Waals surface area contributed by atoms with Crippen molar-refractivity contribution in [1.82, 2.24) is 34.8 Å². The van der Waals surface area contributed by atoms with Crippen molar-refractivity contribution in [2.24, 2.45) is 5.14 Å². The van der Waals surface area contributed by atoms with E-state index < -0.39 is 0 Å². The topological polar surface area (TPSA) is 110 Å². The average Bonchev–Trinajstić information content (AvgIpc) is 3.36. The third kappa shape index (κ3) is 6.68. The molecule has 2 fully saturated rings. The number of anilines is 3. The Balaban J connectivity index is 1.25. The molecular formula is C28H38N10S. The Morgan fingerprint density at radius 2 is 1.77 bits per heavy atom. The van der Waals surface area contributed by atoms with Crippen LogP contribution in [0.25, 0.3) is 11.1 Å². The zero-order valence-corrected chi connectivity index (χ0v) is 23.1. The van der Waals surface area contributed by atoms with Gasteiger partial charge in [-0.05, 0) is 54.8 Å². The molecule has 0 saturated carbocycles. The molecule has 9 rings (SSSR count). The summed E-state index contributed by atoms with van der Waals surface area (Å²) in [5.74, 6) is 1.58. The molecule has 2 aromatic heterocycles. The van der Waals surface area contributed by atoms with Crippen LogP contribution in [0.1, 0.15) is 18.4 Å². The highest BCUT2D eigenvalue weighted by Crippen LogP contribution is 2.28. The molecule has 5 N–H and O–H groups in total. The van der Waals surface area contributed by atoms with Gasteiger partial charge in [0.25, 0.3) is 0 Å². The van der Waals surface area contributed by atoms with Crippen LogP contribution in [0.2, 0.25) is 0 Å². The summed E-state index contributed by atoms with van der Waals surface area (Å²) in [5.41, 5.74) is 4.37. The molecule has 10 nitrogen and oxygen atoms in total. The normalized spacial score (nSPS) is 25.7. The summed E-state index contributed by atoms with van der Waals surface area (Å²) in [6.07, 6.45) is 7.75. The fourth-order valence-electron chi connectivity index (χ4n) is 5.87. The fourth-order valence-corrected chi connectivity index (χ4v) is 6.23. The van der Waals surface area contributed by atoms with E-state index in [1.807, 2.05) is 24.7 Å². The van der Waals surface area contributed by atoms with Gasteiger partial charge in [0.05, 0.1) is 0 Å². The Hall–Kier alpha value is -2.80. The summed E-state index contributed by atoms with van der Waals surface area (Å²) in [5, 5.41) is 12.9. The number of benzene rings is 1. The minimum absolute atomic E-state index is 0.315. The van der Waals surface area contributed by atoms with Crippen molar-refractivity contribution in [2.45, 2.75) is 31.5 Å². The highest BCUT2D eigenvalue weighted by atomic mass is 32.2. The van der Waals surface area contributed by atoms with Crippen LogP contribution in [-0.2, 0) is 6.54 Å². The van der Waals surface area contributed by atoms with Crippen LogP contribution in [0.3, 0.4) is 0 Å². The van der Waals surface area contributed by atoms with Crippen molar-refractivity contribution in [3.63, 3.8) is 0 Å². The lowest BCUT2D eigenvalue weighted by Crippen LogP contribution is -2.47. The van der Waals surface area contributed by atoms with Gasteiger partial charge < -0.3 is 15.5 Å². The summed E-state index contributed by atoms with van der Waals surface area (Å²) >= 11 is 1.20. The number of hydrogen-bond donors (Lipinski definition) is 4. The van der Waals surface area contributed by atoms with E-state index in [4.69, 9.17) is 15.1 Å². The van der Waals surface area contributed by atoms with Gasteiger partial charge in [-0.25, -0.2) is 19.7 Å². The second kappa shape index (κ2) is 12.6. The zero-order valence-electron chi connectivity index (χ0n) is 22.3. The Labute approximate surface area is 235 Å². The lowest BCUT2D eigenvalue weighted by atomic mass is 10.1. The predicted molar refractivity (Wildman–Crippen MR) is 159 cm³/mol. The summed E-state index contributed by atoms with van der Waals surface area (Å²) in [6.45, 7) is 9.32. The predicted octanol–water partition coefficient (Wildman–Crippen LogP) is 2.45. The maximum Gasteiger partial charge on any atom is 0.225 e. The second-order valence-electron chi connectivity index (χ2n) is 10.7. The molecular weight excluding hydrogens is 508 g/mol. The average molecular weight is 547 g/mol. The molecule has 2 atom stereocenters. The molecule has 0 amide bonds. The number of piperazine rings is 1. The number of pyridine rings is 1. The standard InChI is InChI=1S/C28H38N10S/c29-39-35-25-16-26-5-6-30-8-9-36-10-12-37(13-11-36)19-21-2-1-3-24(14-21)34-27-15-22(4-7-31-27)23-17-32-28(33-18-23)38(26)20-25/h1-4,7,14-15,17-18,25-26,30,35H,5-6,8-13,16,19-20,29H2,(H,31,34). The highest BCUT2D eigenvalue weighted by Gasteiger charge is 2.33. The Bertz CT molecular complexity index is 1220. The van der Waals surface area contributed by atoms with E-state index in [9.17, 15) is 0 Å². The molecule has 206 valence electrons. The van der Waals surface area contributed by atoms with Crippen LogP contribution in [0.4, 0.5) is 17.5 Å². The third-order valence-electron chi connectivity index (χ3n) is 7.97.